The number of likely N-dealkylation sites (N-methyl/N-ethyl adjacent to an activating group) is 2. The Kier molecular flexibility index (Phi) is 4.73. The maximum atomic E-state index is 12.3. The first-order chi connectivity index (χ1) is 9.86. The van der Waals surface area contributed by atoms with Crippen LogP contribution in [0.1, 0.15) is 12.5 Å². The molecule has 0 saturated carbocycles. The van der Waals surface area contributed by atoms with E-state index >= 15 is 0 Å². The lowest BCUT2D eigenvalue weighted by Gasteiger charge is -2.29. The molecular weight excluding hydrogens is 266 g/mol. The number of carbonyl (C=O) groups excluding carboxylic acids is 1. The minimum Gasteiger partial charge on any atom is -0.488 e. The Balaban J connectivity index is 2.36. The summed E-state index contributed by atoms with van der Waals surface area (Å²) in [4.78, 5) is 16.2. The fraction of sp³-hybridized carbons (Fsp3) is 0.562. The smallest absolute Gasteiger partial charge is 0.226 e. The van der Waals surface area contributed by atoms with Gasteiger partial charge in [-0.1, -0.05) is 6.92 Å². The van der Waals surface area contributed by atoms with Gasteiger partial charge in [0.2, 0.25) is 5.91 Å². The molecule has 2 atom stereocenters. The Bertz CT molecular complexity index is 516. The van der Waals surface area contributed by atoms with Crippen molar-refractivity contribution in [3.63, 3.8) is 0 Å². The summed E-state index contributed by atoms with van der Waals surface area (Å²) < 4.78 is 6.22. The van der Waals surface area contributed by atoms with Crippen molar-refractivity contribution in [3.8, 4) is 5.75 Å². The Morgan fingerprint density at radius 3 is 2.81 bits per heavy atom. The van der Waals surface area contributed by atoms with E-state index in [0.29, 0.717) is 18.7 Å². The largest absolute Gasteiger partial charge is 0.488 e. The summed E-state index contributed by atoms with van der Waals surface area (Å²) in [5.41, 5.74) is 7.37. The van der Waals surface area contributed by atoms with Gasteiger partial charge < -0.3 is 20.3 Å². The molecule has 0 fully saturated rings. The summed E-state index contributed by atoms with van der Waals surface area (Å²) in [6.45, 7) is 3.63. The van der Waals surface area contributed by atoms with Gasteiger partial charge in [0.1, 0.15) is 11.9 Å². The summed E-state index contributed by atoms with van der Waals surface area (Å²) in [5.74, 6) is 1.12. The third kappa shape index (κ3) is 3.88. The van der Waals surface area contributed by atoms with Crippen LogP contribution in [0.3, 0.4) is 0 Å². The van der Waals surface area contributed by atoms with Gasteiger partial charge in [0.15, 0.2) is 0 Å². The van der Waals surface area contributed by atoms with Crippen LogP contribution >= 0.6 is 0 Å². The van der Waals surface area contributed by atoms with Crippen LogP contribution in [0.15, 0.2) is 18.2 Å². The number of hydrogen-bond acceptors (Lipinski definition) is 4. The number of rotatable bonds is 2. The normalized spacial score (nSPS) is 23.1. The number of nitrogens with zero attached hydrogens (tertiary/aromatic N) is 2. The van der Waals surface area contributed by atoms with E-state index in [0.717, 1.165) is 17.9 Å². The first-order valence-electron chi connectivity index (χ1n) is 7.30. The van der Waals surface area contributed by atoms with Gasteiger partial charge in [0, 0.05) is 37.3 Å². The first kappa shape index (κ1) is 15.6. The molecule has 0 unspecified atom stereocenters. The van der Waals surface area contributed by atoms with Crippen LogP contribution in [0.25, 0.3) is 0 Å². The number of ether oxygens (including phenoxy) is 1. The first-order valence-corrected chi connectivity index (χ1v) is 7.30. The minimum atomic E-state index is 0.0377. The number of nitrogen functional groups attached to an aromatic ring is 1. The van der Waals surface area contributed by atoms with Crippen molar-refractivity contribution < 1.29 is 9.53 Å². The van der Waals surface area contributed by atoms with Gasteiger partial charge in [-0.3, -0.25) is 4.79 Å². The van der Waals surface area contributed by atoms with E-state index < -0.39 is 0 Å². The molecule has 0 spiro atoms. The van der Waals surface area contributed by atoms with Crippen LogP contribution in [0.5, 0.6) is 5.75 Å². The van der Waals surface area contributed by atoms with Crippen LogP contribution in [-0.4, -0.2) is 56.0 Å². The zero-order chi connectivity index (χ0) is 15.6. The van der Waals surface area contributed by atoms with Crippen molar-refractivity contribution in [2.75, 3.05) is 40.0 Å². The van der Waals surface area contributed by atoms with Crippen molar-refractivity contribution in [1.29, 1.82) is 0 Å². The van der Waals surface area contributed by atoms with Crippen LogP contribution in [0.2, 0.25) is 0 Å². The molecule has 0 bridgehead atoms. The van der Waals surface area contributed by atoms with Crippen LogP contribution in [0.4, 0.5) is 5.69 Å². The summed E-state index contributed by atoms with van der Waals surface area (Å²) in [7, 11) is 5.91. The van der Waals surface area contributed by atoms with Crippen molar-refractivity contribution in [1.82, 2.24) is 9.80 Å². The lowest BCUT2D eigenvalue weighted by molar-refractivity contribution is -0.129. The van der Waals surface area contributed by atoms with Gasteiger partial charge >= 0.3 is 0 Å². The van der Waals surface area contributed by atoms with Crippen LogP contribution in [-0.2, 0) is 11.2 Å². The third-order valence-electron chi connectivity index (χ3n) is 3.87. The van der Waals surface area contributed by atoms with Gasteiger partial charge in [-0.05, 0) is 32.3 Å². The molecule has 0 saturated heterocycles. The zero-order valence-corrected chi connectivity index (χ0v) is 13.3. The lowest BCUT2D eigenvalue weighted by Crippen LogP contribution is -2.41. The van der Waals surface area contributed by atoms with E-state index in [4.69, 9.17) is 10.5 Å². The van der Waals surface area contributed by atoms with Crippen molar-refractivity contribution in [2.45, 2.75) is 19.4 Å². The third-order valence-corrected chi connectivity index (χ3v) is 3.87. The molecular formula is C16H25N3O2. The van der Waals surface area contributed by atoms with Crippen LogP contribution < -0.4 is 10.5 Å². The van der Waals surface area contributed by atoms with Gasteiger partial charge in [-0.2, -0.15) is 0 Å². The molecule has 21 heavy (non-hydrogen) atoms. The molecule has 5 heteroatoms. The molecule has 1 amide bonds. The van der Waals surface area contributed by atoms with Gasteiger partial charge in [0.05, 0.1) is 6.42 Å². The molecule has 1 aliphatic rings. The highest BCUT2D eigenvalue weighted by Gasteiger charge is 2.26. The summed E-state index contributed by atoms with van der Waals surface area (Å²) in [5, 5.41) is 0. The van der Waals surface area contributed by atoms with E-state index in [-0.39, 0.29) is 17.9 Å². The van der Waals surface area contributed by atoms with E-state index in [2.05, 4.69) is 11.8 Å². The van der Waals surface area contributed by atoms with E-state index in [1.165, 1.54) is 0 Å². The molecule has 116 valence electrons. The fourth-order valence-corrected chi connectivity index (χ4v) is 2.66. The number of hydrogen-bond donors (Lipinski definition) is 1. The number of benzene rings is 1. The highest BCUT2D eigenvalue weighted by Crippen LogP contribution is 2.27. The summed E-state index contributed by atoms with van der Waals surface area (Å²) in [6, 6.07) is 5.53. The Morgan fingerprint density at radius 2 is 2.14 bits per heavy atom. The predicted octanol–water partition coefficient (Wildman–Crippen LogP) is 1.23. The summed E-state index contributed by atoms with van der Waals surface area (Å²) >= 11 is 0. The molecule has 1 aromatic rings. The SMILES string of the molecule is C[C@@H]1CN(C)C(=O)Cc2cc(N)ccc2O[C@H]1CN(C)C. The lowest BCUT2D eigenvalue weighted by atomic mass is 10.0. The number of nitrogens with two attached hydrogens (primary N) is 1. The second-order valence-electron chi connectivity index (χ2n) is 6.21. The van der Waals surface area contributed by atoms with Crippen molar-refractivity contribution in [3.05, 3.63) is 23.8 Å². The number of anilines is 1. The van der Waals surface area contributed by atoms with E-state index in [9.17, 15) is 4.79 Å². The molecule has 1 heterocycles. The Hall–Kier alpha value is -1.75. The molecule has 5 nitrogen and oxygen atoms in total. The zero-order valence-electron chi connectivity index (χ0n) is 13.3. The maximum absolute atomic E-state index is 12.3. The predicted molar refractivity (Wildman–Crippen MR) is 84.3 cm³/mol. The molecule has 0 aromatic heterocycles. The second kappa shape index (κ2) is 6.35. The number of fused-ring (bicyclic) bond motifs is 1. The Morgan fingerprint density at radius 1 is 1.43 bits per heavy atom. The molecule has 1 aliphatic heterocycles. The van der Waals surface area contributed by atoms with E-state index in [1.807, 2.05) is 39.3 Å². The number of carbonyl (C=O) groups is 1. The van der Waals surface area contributed by atoms with E-state index in [1.54, 1.807) is 4.90 Å². The fourth-order valence-electron chi connectivity index (χ4n) is 2.66. The molecule has 2 rings (SSSR count). The van der Waals surface area contributed by atoms with Crippen molar-refractivity contribution in [2.24, 2.45) is 5.92 Å². The highest BCUT2D eigenvalue weighted by atomic mass is 16.5. The average Bonchev–Trinajstić information content (AvgIpc) is 2.42. The van der Waals surface area contributed by atoms with Gasteiger partial charge in [-0.15, -0.1) is 0 Å². The molecule has 2 N–H and O–H groups in total. The monoisotopic (exact) mass is 291 g/mol. The van der Waals surface area contributed by atoms with Gasteiger partial charge in [0.25, 0.3) is 0 Å². The maximum Gasteiger partial charge on any atom is 0.226 e. The van der Waals surface area contributed by atoms with Crippen LogP contribution in [0, 0.1) is 5.92 Å². The quantitative estimate of drug-likeness (QED) is 0.833. The second-order valence-corrected chi connectivity index (χ2v) is 6.21. The Labute approximate surface area is 126 Å². The average molecular weight is 291 g/mol. The highest BCUT2D eigenvalue weighted by molar-refractivity contribution is 5.79. The topological polar surface area (TPSA) is 58.8 Å². The number of amides is 1. The summed E-state index contributed by atoms with van der Waals surface area (Å²) in [6.07, 6.45) is 0.369. The van der Waals surface area contributed by atoms with Gasteiger partial charge in [-0.25, -0.2) is 0 Å². The standard InChI is InChI=1S/C16H25N3O2/c1-11-9-19(4)16(20)8-12-7-13(17)5-6-14(12)21-15(11)10-18(2)3/h5-7,11,15H,8-10,17H2,1-4H3/t11-,15+/m1/s1. The molecule has 0 radical (unpaired) electrons. The molecule has 1 aromatic carbocycles. The van der Waals surface area contributed by atoms with Crippen molar-refractivity contribution >= 4 is 11.6 Å². The molecule has 0 aliphatic carbocycles. The minimum absolute atomic E-state index is 0.0377.